The van der Waals surface area contributed by atoms with Crippen molar-refractivity contribution >= 4 is 46.3 Å². The molecule has 34 heavy (non-hydrogen) atoms. The summed E-state index contributed by atoms with van der Waals surface area (Å²) in [6.45, 7) is 0. The van der Waals surface area contributed by atoms with Crippen molar-refractivity contribution in [3.63, 3.8) is 0 Å². The maximum atomic E-state index is 13.2. The Bertz CT molecular complexity index is 1520. The smallest absolute Gasteiger partial charge is 0.288 e. The first-order chi connectivity index (χ1) is 16.5. The second-order valence-electron chi connectivity index (χ2n) is 6.75. The molecule has 0 bridgehead atoms. The van der Waals surface area contributed by atoms with E-state index >= 15 is 0 Å². The summed E-state index contributed by atoms with van der Waals surface area (Å²) in [4.78, 5) is 26.6. The minimum Gasteiger partial charge on any atom is -0.465 e. The largest absolute Gasteiger partial charge is 0.465 e. The van der Waals surface area contributed by atoms with Crippen LogP contribution in [0.3, 0.4) is 0 Å². The molecular weight excluding hydrogens is 480 g/mol. The fourth-order valence-electron chi connectivity index (χ4n) is 3.07. The van der Waals surface area contributed by atoms with Gasteiger partial charge in [0.25, 0.3) is 17.2 Å². The standard InChI is InChI=1S/C24H15F2N3O3S2/c25-24(26)33-18-10-8-15(9-11-18)28-21(30)19(14-27)23-29(16-5-2-1-3-6-16)22(31)20(34-23)13-17-7-4-12-32-17/h1-13,24H,(H,28,30)/b20-13-,23-19-. The zero-order valence-corrected chi connectivity index (χ0v) is 18.9. The lowest BCUT2D eigenvalue weighted by Gasteiger charge is -2.07. The molecule has 10 heteroatoms. The number of benzene rings is 2. The lowest BCUT2D eigenvalue weighted by molar-refractivity contribution is -0.111. The van der Waals surface area contributed by atoms with Crippen molar-refractivity contribution < 1.29 is 18.0 Å². The minimum absolute atomic E-state index is 0.152. The van der Waals surface area contributed by atoms with Crippen molar-refractivity contribution in [2.24, 2.45) is 0 Å². The Hall–Kier alpha value is -3.94. The number of rotatable bonds is 6. The molecule has 0 saturated heterocycles. The van der Waals surface area contributed by atoms with Crippen LogP contribution in [0.15, 0.2) is 87.1 Å². The number of carbonyl (C=O) groups is 1. The van der Waals surface area contributed by atoms with E-state index in [-0.39, 0.29) is 14.8 Å². The van der Waals surface area contributed by atoms with Gasteiger partial charge in [-0.2, -0.15) is 14.0 Å². The van der Waals surface area contributed by atoms with Crippen LogP contribution in [0.5, 0.6) is 0 Å². The van der Waals surface area contributed by atoms with Crippen LogP contribution in [0.25, 0.3) is 17.3 Å². The lowest BCUT2D eigenvalue weighted by atomic mass is 10.2. The third kappa shape index (κ3) is 5.17. The first kappa shape index (κ1) is 23.2. The van der Waals surface area contributed by atoms with Crippen LogP contribution < -0.4 is 20.1 Å². The number of anilines is 1. The number of aromatic nitrogens is 1. The number of alkyl halides is 2. The molecule has 2 aromatic carbocycles. The van der Waals surface area contributed by atoms with Gasteiger partial charge in [0.05, 0.1) is 16.5 Å². The minimum atomic E-state index is -2.56. The van der Waals surface area contributed by atoms with Gasteiger partial charge in [-0.25, -0.2) is 0 Å². The number of hydrogen-bond acceptors (Lipinski definition) is 6. The molecule has 0 radical (unpaired) electrons. The number of para-hydroxylation sites is 1. The molecule has 6 nitrogen and oxygen atoms in total. The second kappa shape index (κ2) is 10.3. The molecule has 2 heterocycles. The van der Waals surface area contributed by atoms with E-state index in [1.165, 1.54) is 35.1 Å². The number of furan rings is 1. The van der Waals surface area contributed by atoms with Crippen LogP contribution in [0.4, 0.5) is 14.5 Å². The summed E-state index contributed by atoms with van der Waals surface area (Å²) in [5, 5.41) is 12.4. The van der Waals surface area contributed by atoms with Gasteiger partial charge in [0.2, 0.25) is 0 Å². The Morgan fingerprint density at radius 3 is 2.47 bits per heavy atom. The highest BCUT2D eigenvalue weighted by molar-refractivity contribution is 7.99. The fourth-order valence-corrected chi connectivity index (χ4v) is 4.65. The van der Waals surface area contributed by atoms with E-state index in [0.717, 1.165) is 11.3 Å². The van der Waals surface area contributed by atoms with Gasteiger partial charge in [-0.05, 0) is 48.5 Å². The van der Waals surface area contributed by atoms with Crippen molar-refractivity contribution in [3.8, 4) is 11.8 Å². The number of halogens is 2. The Balaban J connectivity index is 1.82. The van der Waals surface area contributed by atoms with Crippen molar-refractivity contribution in [2.75, 3.05) is 5.32 Å². The molecule has 0 unspecified atom stereocenters. The van der Waals surface area contributed by atoms with Gasteiger partial charge in [0.1, 0.15) is 16.5 Å². The zero-order chi connectivity index (χ0) is 24.1. The highest BCUT2D eigenvalue weighted by atomic mass is 32.2. The maximum absolute atomic E-state index is 13.2. The molecule has 0 aliphatic heterocycles. The van der Waals surface area contributed by atoms with E-state index in [9.17, 15) is 23.6 Å². The topological polar surface area (TPSA) is 88.0 Å². The summed E-state index contributed by atoms with van der Waals surface area (Å²) in [6.07, 6.45) is 3.02. The number of carbonyl (C=O) groups excluding carboxylic acids is 1. The van der Waals surface area contributed by atoms with E-state index in [1.54, 1.807) is 48.5 Å². The lowest BCUT2D eigenvalue weighted by Crippen LogP contribution is -2.32. The van der Waals surface area contributed by atoms with Gasteiger partial charge in [0.15, 0.2) is 5.57 Å². The summed E-state index contributed by atoms with van der Waals surface area (Å²) in [7, 11) is 0. The monoisotopic (exact) mass is 495 g/mol. The summed E-state index contributed by atoms with van der Waals surface area (Å²) in [6, 6.07) is 19.7. The Morgan fingerprint density at radius 1 is 1.12 bits per heavy atom. The molecule has 4 aromatic rings. The first-order valence-electron chi connectivity index (χ1n) is 9.79. The number of nitriles is 1. The normalized spacial score (nSPS) is 12.5. The highest BCUT2D eigenvalue weighted by Crippen LogP contribution is 2.26. The molecule has 0 fully saturated rings. The number of hydrogen-bond donors (Lipinski definition) is 1. The molecule has 1 N–H and O–H groups in total. The molecule has 4 rings (SSSR count). The Kier molecular flexibility index (Phi) is 7.06. The quantitative estimate of drug-likeness (QED) is 0.410. The van der Waals surface area contributed by atoms with Crippen LogP contribution in [0.1, 0.15) is 5.76 Å². The van der Waals surface area contributed by atoms with Crippen molar-refractivity contribution in [1.29, 1.82) is 5.26 Å². The number of nitrogens with zero attached hydrogens (tertiary/aromatic N) is 2. The summed E-state index contributed by atoms with van der Waals surface area (Å²) in [5.41, 5.74) is 0.142. The van der Waals surface area contributed by atoms with Crippen LogP contribution in [0.2, 0.25) is 0 Å². The van der Waals surface area contributed by atoms with Crippen molar-refractivity contribution in [2.45, 2.75) is 10.7 Å². The summed E-state index contributed by atoms with van der Waals surface area (Å²) < 4.78 is 32.1. The first-order valence-corrected chi connectivity index (χ1v) is 11.5. The van der Waals surface area contributed by atoms with Gasteiger partial charge in [-0.1, -0.05) is 30.0 Å². The summed E-state index contributed by atoms with van der Waals surface area (Å²) >= 11 is 1.38. The average Bonchev–Trinajstić information content (AvgIpc) is 3.44. The predicted octanol–water partition coefficient (Wildman–Crippen LogP) is 3.95. The number of thioether (sulfide) groups is 1. The van der Waals surface area contributed by atoms with E-state index in [2.05, 4.69) is 5.32 Å². The SMILES string of the molecule is N#C/C(C(=O)Nc1ccc(SC(F)F)cc1)=c1/s/c(=C\c2ccco2)c(=O)n1-c1ccccc1. The number of thiazole rings is 1. The molecule has 1 amide bonds. The van der Waals surface area contributed by atoms with Crippen LogP contribution >= 0.6 is 23.1 Å². The molecule has 0 saturated carbocycles. The van der Waals surface area contributed by atoms with Crippen molar-refractivity contribution in [3.05, 3.63) is 98.3 Å². The van der Waals surface area contributed by atoms with Crippen LogP contribution in [-0.2, 0) is 4.79 Å². The van der Waals surface area contributed by atoms with Gasteiger partial charge < -0.3 is 9.73 Å². The Morgan fingerprint density at radius 2 is 1.85 bits per heavy atom. The molecule has 0 spiro atoms. The maximum Gasteiger partial charge on any atom is 0.288 e. The highest BCUT2D eigenvalue weighted by Gasteiger charge is 2.17. The van der Waals surface area contributed by atoms with Gasteiger partial charge in [0, 0.05) is 16.7 Å². The molecule has 170 valence electrons. The third-order valence-electron chi connectivity index (χ3n) is 4.54. The van der Waals surface area contributed by atoms with Crippen LogP contribution in [0, 0.1) is 11.3 Å². The molecule has 0 atom stereocenters. The van der Waals surface area contributed by atoms with E-state index < -0.39 is 17.2 Å². The van der Waals surface area contributed by atoms with Crippen molar-refractivity contribution in [1.82, 2.24) is 4.57 Å². The third-order valence-corrected chi connectivity index (χ3v) is 6.36. The number of nitrogens with one attached hydrogen (secondary N) is 1. The van der Waals surface area contributed by atoms with Crippen LogP contribution in [-0.4, -0.2) is 16.2 Å². The zero-order valence-electron chi connectivity index (χ0n) is 17.3. The molecule has 0 aliphatic rings. The summed E-state index contributed by atoms with van der Waals surface area (Å²) in [5.74, 6) is -2.83. The van der Waals surface area contributed by atoms with Gasteiger partial charge in [-0.3, -0.25) is 14.2 Å². The fraction of sp³-hybridized carbons (Fsp3) is 0.0417. The van der Waals surface area contributed by atoms with E-state index in [4.69, 9.17) is 4.42 Å². The van der Waals surface area contributed by atoms with E-state index in [0.29, 0.717) is 33.8 Å². The number of amides is 1. The molecule has 2 aromatic heterocycles. The molecule has 0 aliphatic carbocycles. The molecular formula is C24H15F2N3O3S2. The van der Waals surface area contributed by atoms with E-state index in [1.807, 2.05) is 6.07 Å². The van der Waals surface area contributed by atoms with Gasteiger partial charge >= 0.3 is 0 Å². The second-order valence-corrected chi connectivity index (χ2v) is 8.85. The van der Waals surface area contributed by atoms with Gasteiger partial charge in [-0.15, -0.1) is 11.3 Å². The Labute approximate surface area is 200 Å². The average molecular weight is 496 g/mol. The predicted molar refractivity (Wildman–Crippen MR) is 127 cm³/mol.